The number of esters is 1. The fourth-order valence-electron chi connectivity index (χ4n) is 2.45. The highest BCUT2D eigenvalue weighted by Gasteiger charge is 2.22. The van der Waals surface area contributed by atoms with E-state index in [0.29, 0.717) is 23.8 Å². The van der Waals surface area contributed by atoms with Crippen molar-refractivity contribution in [2.75, 3.05) is 25.0 Å². The Kier molecular flexibility index (Phi) is 7.56. The van der Waals surface area contributed by atoms with Gasteiger partial charge in [-0.1, -0.05) is 31.5 Å². The quantitative estimate of drug-likeness (QED) is 0.657. The van der Waals surface area contributed by atoms with Gasteiger partial charge in [-0.2, -0.15) is 4.31 Å². The molecular weight excluding hydrogens is 404 g/mol. The van der Waals surface area contributed by atoms with Gasteiger partial charge in [0.2, 0.25) is 10.0 Å². The summed E-state index contributed by atoms with van der Waals surface area (Å²) >= 11 is 5.84. The molecule has 0 bridgehead atoms. The zero-order valence-electron chi connectivity index (χ0n) is 15.5. The van der Waals surface area contributed by atoms with E-state index in [-0.39, 0.29) is 10.5 Å². The minimum atomic E-state index is -3.60. The monoisotopic (exact) mass is 424 g/mol. The molecule has 28 heavy (non-hydrogen) atoms. The van der Waals surface area contributed by atoms with Gasteiger partial charge in [-0.15, -0.1) is 0 Å². The SMILES string of the molecule is CCN(CC)S(=O)(=O)c1ccc(C(=O)OCC(=O)Nc2cccc(Cl)c2)cc1. The molecule has 0 saturated heterocycles. The van der Waals surface area contributed by atoms with E-state index in [0.717, 1.165) is 0 Å². The summed E-state index contributed by atoms with van der Waals surface area (Å²) in [6.07, 6.45) is 0. The van der Waals surface area contributed by atoms with Crippen molar-refractivity contribution < 1.29 is 22.7 Å². The van der Waals surface area contributed by atoms with Gasteiger partial charge in [0, 0.05) is 23.8 Å². The van der Waals surface area contributed by atoms with Gasteiger partial charge in [0.05, 0.1) is 10.5 Å². The molecule has 0 radical (unpaired) electrons. The van der Waals surface area contributed by atoms with Crippen LogP contribution in [0, 0.1) is 0 Å². The molecule has 0 aliphatic rings. The number of benzene rings is 2. The van der Waals surface area contributed by atoms with Gasteiger partial charge in [0.15, 0.2) is 6.61 Å². The van der Waals surface area contributed by atoms with E-state index >= 15 is 0 Å². The average Bonchev–Trinajstić information content (AvgIpc) is 2.67. The zero-order chi connectivity index (χ0) is 20.7. The molecule has 7 nitrogen and oxygen atoms in total. The molecule has 0 aromatic heterocycles. The summed E-state index contributed by atoms with van der Waals surface area (Å²) in [5.41, 5.74) is 0.633. The van der Waals surface area contributed by atoms with Crippen molar-refractivity contribution in [3.8, 4) is 0 Å². The van der Waals surface area contributed by atoms with Gasteiger partial charge < -0.3 is 10.1 Å². The molecule has 0 heterocycles. The molecule has 2 rings (SSSR count). The second-order valence-electron chi connectivity index (χ2n) is 5.75. The van der Waals surface area contributed by atoms with Crippen LogP contribution in [0.4, 0.5) is 5.69 Å². The lowest BCUT2D eigenvalue weighted by atomic mass is 10.2. The van der Waals surface area contributed by atoms with Crippen LogP contribution in [0.25, 0.3) is 0 Å². The summed E-state index contributed by atoms with van der Waals surface area (Å²) in [6, 6.07) is 12.0. The predicted octanol–water partition coefficient (Wildman–Crippen LogP) is 3.17. The van der Waals surface area contributed by atoms with E-state index in [9.17, 15) is 18.0 Å². The van der Waals surface area contributed by atoms with Gasteiger partial charge in [0.1, 0.15) is 0 Å². The van der Waals surface area contributed by atoms with Crippen LogP contribution in [0.2, 0.25) is 5.02 Å². The maximum atomic E-state index is 12.4. The van der Waals surface area contributed by atoms with Crippen molar-refractivity contribution in [1.82, 2.24) is 4.31 Å². The van der Waals surface area contributed by atoms with Crippen LogP contribution >= 0.6 is 11.6 Å². The third-order valence-corrected chi connectivity index (χ3v) is 6.18. The molecule has 2 aromatic rings. The molecular formula is C19H21ClN2O5S. The smallest absolute Gasteiger partial charge is 0.338 e. The lowest BCUT2D eigenvalue weighted by Gasteiger charge is -2.18. The molecule has 0 unspecified atom stereocenters. The Morgan fingerprint density at radius 3 is 2.29 bits per heavy atom. The summed E-state index contributed by atoms with van der Waals surface area (Å²) in [6.45, 7) is 3.72. The van der Waals surface area contributed by atoms with Crippen LogP contribution < -0.4 is 5.32 Å². The first-order chi connectivity index (χ1) is 13.3. The van der Waals surface area contributed by atoms with Crippen molar-refractivity contribution in [1.29, 1.82) is 0 Å². The first kappa shape index (κ1) is 21.9. The first-order valence-electron chi connectivity index (χ1n) is 8.60. The minimum absolute atomic E-state index is 0.0893. The molecule has 9 heteroatoms. The molecule has 1 amide bonds. The van der Waals surface area contributed by atoms with Gasteiger partial charge in [-0.25, -0.2) is 13.2 Å². The highest BCUT2D eigenvalue weighted by Crippen LogP contribution is 2.17. The van der Waals surface area contributed by atoms with Crippen LogP contribution in [0.3, 0.4) is 0 Å². The largest absolute Gasteiger partial charge is 0.452 e. The van der Waals surface area contributed by atoms with Crippen molar-refractivity contribution in [3.05, 3.63) is 59.1 Å². The van der Waals surface area contributed by atoms with E-state index in [1.165, 1.54) is 28.6 Å². The Labute approximate surface area is 169 Å². The fourth-order valence-corrected chi connectivity index (χ4v) is 4.10. The highest BCUT2D eigenvalue weighted by molar-refractivity contribution is 7.89. The molecule has 2 aromatic carbocycles. The highest BCUT2D eigenvalue weighted by atomic mass is 35.5. The Morgan fingerprint density at radius 1 is 1.07 bits per heavy atom. The summed E-state index contributed by atoms with van der Waals surface area (Å²) in [5.74, 6) is -1.25. The number of halogens is 1. The molecule has 0 aliphatic carbocycles. The lowest BCUT2D eigenvalue weighted by Crippen LogP contribution is -2.30. The second-order valence-corrected chi connectivity index (χ2v) is 8.12. The van der Waals surface area contributed by atoms with Gasteiger partial charge in [-0.3, -0.25) is 4.79 Å². The Hall–Kier alpha value is -2.42. The van der Waals surface area contributed by atoms with Crippen LogP contribution in [-0.2, 0) is 19.6 Å². The number of amides is 1. The molecule has 0 saturated carbocycles. The zero-order valence-corrected chi connectivity index (χ0v) is 17.1. The average molecular weight is 425 g/mol. The number of rotatable bonds is 8. The maximum absolute atomic E-state index is 12.4. The number of hydrogen-bond donors (Lipinski definition) is 1. The van der Waals surface area contributed by atoms with Crippen LogP contribution in [0.5, 0.6) is 0 Å². The molecule has 150 valence electrons. The third kappa shape index (κ3) is 5.54. The molecule has 0 atom stereocenters. The summed E-state index contributed by atoms with van der Waals surface area (Å²) in [4.78, 5) is 24.0. The number of nitrogens with one attached hydrogen (secondary N) is 1. The number of anilines is 1. The van der Waals surface area contributed by atoms with Crippen LogP contribution in [-0.4, -0.2) is 44.3 Å². The fraction of sp³-hybridized carbons (Fsp3) is 0.263. The van der Waals surface area contributed by atoms with E-state index in [1.54, 1.807) is 38.1 Å². The predicted molar refractivity (Wildman–Crippen MR) is 107 cm³/mol. The Balaban J connectivity index is 1.97. The number of hydrogen-bond acceptors (Lipinski definition) is 5. The van der Waals surface area contributed by atoms with E-state index in [4.69, 9.17) is 16.3 Å². The third-order valence-electron chi connectivity index (χ3n) is 3.88. The van der Waals surface area contributed by atoms with E-state index < -0.39 is 28.5 Å². The summed E-state index contributed by atoms with van der Waals surface area (Å²) in [7, 11) is -3.60. The van der Waals surface area contributed by atoms with Crippen LogP contribution in [0.15, 0.2) is 53.4 Å². The van der Waals surface area contributed by atoms with Crippen LogP contribution in [0.1, 0.15) is 24.2 Å². The lowest BCUT2D eigenvalue weighted by molar-refractivity contribution is -0.119. The van der Waals surface area contributed by atoms with Gasteiger partial charge >= 0.3 is 5.97 Å². The number of carbonyl (C=O) groups excluding carboxylic acids is 2. The number of sulfonamides is 1. The number of ether oxygens (including phenoxy) is 1. The number of carbonyl (C=O) groups is 2. The maximum Gasteiger partial charge on any atom is 0.338 e. The summed E-state index contributed by atoms with van der Waals surface area (Å²) in [5, 5.41) is 3.03. The molecule has 0 spiro atoms. The number of nitrogens with zero attached hydrogens (tertiary/aromatic N) is 1. The Morgan fingerprint density at radius 2 is 1.71 bits per heavy atom. The summed E-state index contributed by atoms with van der Waals surface area (Å²) < 4.78 is 31.2. The van der Waals surface area contributed by atoms with Crippen molar-refractivity contribution in [2.24, 2.45) is 0 Å². The Bertz CT molecular complexity index is 941. The molecule has 1 N–H and O–H groups in total. The van der Waals surface area contributed by atoms with Gasteiger partial charge in [0.25, 0.3) is 5.91 Å². The second kappa shape index (κ2) is 9.68. The van der Waals surface area contributed by atoms with E-state index in [2.05, 4.69) is 5.32 Å². The topological polar surface area (TPSA) is 92.8 Å². The minimum Gasteiger partial charge on any atom is -0.452 e. The van der Waals surface area contributed by atoms with Crippen molar-refractivity contribution in [2.45, 2.75) is 18.7 Å². The van der Waals surface area contributed by atoms with Crippen molar-refractivity contribution in [3.63, 3.8) is 0 Å². The standard InChI is InChI=1S/C19H21ClN2O5S/c1-3-22(4-2)28(25,26)17-10-8-14(9-11-17)19(24)27-13-18(23)21-16-7-5-6-15(20)12-16/h5-12H,3-4,13H2,1-2H3,(H,21,23). The van der Waals surface area contributed by atoms with Gasteiger partial charge in [-0.05, 0) is 42.5 Å². The molecule has 0 aliphatic heterocycles. The van der Waals surface area contributed by atoms with E-state index in [1.807, 2.05) is 0 Å². The molecule has 0 fully saturated rings. The van der Waals surface area contributed by atoms with Crippen molar-refractivity contribution >= 4 is 39.2 Å². The first-order valence-corrected chi connectivity index (χ1v) is 10.4. The normalized spacial score (nSPS) is 11.3.